The third-order valence-electron chi connectivity index (χ3n) is 6.67. The lowest BCUT2D eigenvalue weighted by Crippen LogP contribution is -2.46. The molecule has 5 rings (SSSR count). The number of aromatic nitrogens is 4. The quantitative estimate of drug-likeness (QED) is 0.581. The number of hydrogen-bond donors (Lipinski definition) is 1. The summed E-state index contributed by atoms with van der Waals surface area (Å²) in [6, 6.07) is 13.2. The zero-order valence-corrected chi connectivity index (χ0v) is 18.9. The van der Waals surface area contributed by atoms with Gasteiger partial charge in [0.15, 0.2) is 0 Å². The van der Waals surface area contributed by atoms with Crippen molar-refractivity contribution in [2.24, 2.45) is 5.92 Å². The standard InChI is InChI=1S/C25H23FN8O/c26-20-6-10-33(16-20)23(35)18-1-3-21(4-2-18)31-24-29-9-5-22(32-24)19-14-30-34(15-19)25(7-8-27)11-17(12-25)13-28/h1-5,9,14-15,17,20H,6-7,10-12,16H2,(H,29,31,32). The number of alkyl halides is 1. The molecular weight excluding hydrogens is 447 g/mol. The fraction of sp³-hybridized carbons (Fsp3) is 0.360. The van der Waals surface area contributed by atoms with E-state index in [4.69, 9.17) is 5.26 Å². The van der Waals surface area contributed by atoms with Crippen molar-refractivity contribution in [3.05, 3.63) is 54.5 Å². The molecule has 1 N–H and O–H groups in total. The number of halogens is 1. The molecule has 35 heavy (non-hydrogen) atoms. The molecule has 2 fully saturated rings. The molecule has 0 bridgehead atoms. The summed E-state index contributed by atoms with van der Waals surface area (Å²) < 4.78 is 15.2. The van der Waals surface area contributed by atoms with Gasteiger partial charge in [0, 0.05) is 35.8 Å². The smallest absolute Gasteiger partial charge is 0.253 e. The summed E-state index contributed by atoms with van der Waals surface area (Å²) >= 11 is 0. The SMILES string of the molecule is N#CCC1(n2cc(-c3ccnc(Nc4ccc(C(=O)N5CCC(F)C5)cc4)n3)cn2)CC(C#N)C1. The summed E-state index contributed by atoms with van der Waals surface area (Å²) in [5, 5.41) is 26.0. The normalized spacial score (nSPS) is 23.2. The van der Waals surface area contributed by atoms with Crippen LogP contribution in [-0.2, 0) is 5.54 Å². The van der Waals surface area contributed by atoms with Gasteiger partial charge in [0.2, 0.25) is 5.95 Å². The second-order valence-electron chi connectivity index (χ2n) is 9.07. The van der Waals surface area contributed by atoms with Gasteiger partial charge >= 0.3 is 0 Å². The van der Waals surface area contributed by atoms with E-state index in [0.717, 1.165) is 5.56 Å². The van der Waals surface area contributed by atoms with Gasteiger partial charge in [-0.3, -0.25) is 9.48 Å². The fourth-order valence-corrected chi connectivity index (χ4v) is 4.71. The first-order valence-corrected chi connectivity index (χ1v) is 11.5. The molecule has 1 aliphatic carbocycles. The van der Waals surface area contributed by atoms with E-state index in [-0.39, 0.29) is 18.4 Å². The number of nitriles is 2. The number of carbonyl (C=O) groups is 1. The molecule has 0 radical (unpaired) electrons. The van der Waals surface area contributed by atoms with Gasteiger partial charge in [0.1, 0.15) is 6.17 Å². The highest BCUT2D eigenvalue weighted by molar-refractivity contribution is 5.94. The number of carbonyl (C=O) groups excluding carboxylic acids is 1. The molecule has 1 aromatic carbocycles. The molecule has 9 nitrogen and oxygen atoms in total. The first kappa shape index (κ1) is 22.5. The molecule has 1 amide bonds. The van der Waals surface area contributed by atoms with Crippen LogP contribution in [0.5, 0.6) is 0 Å². The van der Waals surface area contributed by atoms with Gasteiger partial charge in [0.05, 0.1) is 48.5 Å². The molecule has 1 atom stereocenters. The molecule has 1 saturated carbocycles. The number of benzene rings is 1. The molecule has 2 aromatic heterocycles. The maximum atomic E-state index is 13.4. The predicted molar refractivity (Wildman–Crippen MR) is 125 cm³/mol. The zero-order chi connectivity index (χ0) is 24.4. The van der Waals surface area contributed by atoms with Crippen LogP contribution >= 0.6 is 0 Å². The van der Waals surface area contributed by atoms with Crippen LogP contribution in [0, 0.1) is 28.6 Å². The lowest BCUT2D eigenvalue weighted by molar-refractivity contribution is 0.0783. The number of nitrogens with one attached hydrogen (secondary N) is 1. The second kappa shape index (κ2) is 9.15. The summed E-state index contributed by atoms with van der Waals surface area (Å²) in [4.78, 5) is 22.9. The summed E-state index contributed by atoms with van der Waals surface area (Å²) in [5.74, 6) is 0.159. The van der Waals surface area contributed by atoms with Crippen molar-refractivity contribution in [3.8, 4) is 23.4 Å². The Morgan fingerprint density at radius 3 is 2.71 bits per heavy atom. The van der Waals surface area contributed by atoms with E-state index >= 15 is 0 Å². The minimum Gasteiger partial charge on any atom is -0.336 e. The number of likely N-dealkylation sites (tertiary alicyclic amines) is 1. The summed E-state index contributed by atoms with van der Waals surface area (Å²) in [6.07, 6.45) is 6.16. The zero-order valence-electron chi connectivity index (χ0n) is 18.9. The van der Waals surface area contributed by atoms with Crippen molar-refractivity contribution in [1.82, 2.24) is 24.6 Å². The highest BCUT2D eigenvalue weighted by atomic mass is 19.1. The number of amides is 1. The molecular formula is C25H23FN8O. The Kier molecular flexibility index (Phi) is 5.87. The van der Waals surface area contributed by atoms with Crippen LogP contribution < -0.4 is 5.32 Å². The minimum atomic E-state index is -0.948. The topological polar surface area (TPSA) is 124 Å². The van der Waals surface area contributed by atoms with E-state index in [2.05, 4.69) is 32.5 Å². The predicted octanol–water partition coefficient (Wildman–Crippen LogP) is 3.81. The van der Waals surface area contributed by atoms with Gasteiger partial charge < -0.3 is 10.2 Å². The fourth-order valence-electron chi connectivity index (χ4n) is 4.71. The second-order valence-corrected chi connectivity index (χ2v) is 9.07. The lowest BCUT2D eigenvalue weighted by Gasteiger charge is -2.43. The molecule has 1 saturated heterocycles. The molecule has 0 spiro atoms. The molecule has 3 aromatic rings. The van der Waals surface area contributed by atoms with Crippen molar-refractivity contribution in [3.63, 3.8) is 0 Å². The van der Waals surface area contributed by atoms with E-state index in [9.17, 15) is 14.4 Å². The third kappa shape index (κ3) is 4.43. The van der Waals surface area contributed by atoms with E-state index in [1.807, 2.05) is 6.20 Å². The van der Waals surface area contributed by atoms with Gasteiger partial charge in [0.25, 0.3) is 5.91 Å². The minimum absolute atomic E-state index is 0.0523. The van der Waals surface area contributed by atoms with Crippen molar-refractivity contribution in [2.45, 2.75) is 37.4 Å². The third-order valence-corrected chi connectivity index (χ3v) is 6.67. The number of anilines is 2. The monoisotopic (exact) mass is 470 g/mol. The number of nitrogens with zero attached hydrogens (tertiary/aromatic N) is 7. The molecule has 10 heteroatoms. The molecule has 1 unspecified atom stereocenters. The maximum absolute atomic E-state index is 13.4. The van der Waals surface area contributed by atoms with Gasteiger partial charge in [-0.05, 0) is 49.6 Å². The summed E-state index contributed by atoms with van der Waals surface area (Å²) in [6.45, 7) is 0.584. The van der Waals surface area contributed by atoms with Crippen molar-refractivity contribution >= 4 is 17.5 Å². The van der Waals surface area contributed by atoms with Crippen molar-refractivity contribution in [2.75, 3.05) is 18.4 Å². The van der Waals surface area contributed by atoms with Crippen LogP contribution in [0.2, 0.25) is 0 Å². The van der Waals surface area contributed by atoms with Crippen LogP contribution in [0.1, 0.15) is 36.0 Å². The van der Waals surface area contributed by atoms with Crippen LogP contribution in [0.3, 0.4) is 0 Å². The number of rotatable bonds is 6. The maximum Gasteiger partial charge on any atom is 0.253 e. The first-order valence-electron chi connectivity index (χ1n) is 11.5. The van der Waals surface area contributed by atoms with Gasteiger partial charge in [-0.1, -0.05) is 0 Å². The van der Waals surface area contributed by atoms with E-state index in [1.54, 1.807) is 47.4 Å². The van der Waals surface area contributed by atoms with Crippen molar-refractivity contribution in [1.29, 1.82) is 10.5 Å². The average Bonchev–Trinajstić information content (AvgIpc) is 3.51. The Morgan fingerprint density at radius 1 is 1.23 bits per heavy atom. The highest BCUT2D eigenvalue weighted by Crippen LogP contribution is 2.46. The lowest BCUT2D eigenvalue weighted by atomic mass is 9.67. The summed E-state index contributed by atoms with van der Waals surface area (Å²) in [5.41, 5.74) is 2.22. The largest absolute Gasteiger partial charge is 0.336 e. The Hall–Kier alpha value is -4.31. The van der Waals surface area contributed by atoms with Gasteiger partial charge in [-0.15, -0.1) is 0 Å². The number of hydrogen-bond acceptors (Lipinski definition) is 7. The van der Waals surface area contributed by atoms with Crippen LogP contribution in [0.15, 0.2) is 48.9 Å². The van der Waals surface area contributed by atoms with E-state index in [1.165, 1.54) is 4.90 Å². The molecule has 2 aliphatic rings. The van der Waals surface area contributed by atoms with Crippen LogP contribution in [0.25, 0.3) is 11.3 Å². The molecule has 1 aliphatic heterocycles. The van der Waals surface area contributed by atoms with E-state index < -0.39 is 11.7 Å². The Balaban J connectivity index is 1.28. The van der Waals surface area contributed by atoms with E-state index in [0.29, 0.717) is 55.1 Å². The highest BCUT2D eigenvalue weighted by Gasteiger charge is 2.46. The Morgan fingerprint density at radius 2 is 2.03 bits per heavy atom. The first-order chi connectivity index (χ1) is 17.0. The van der Waals surface area contributed by atoms with Crippen LogP contribution in [-0.4, -0.2) is 49.8 Å². The van der Waals surface area contributed by atoms with Crippen LogP contribution in [0.4, 0.5) is 16.0 Å². The molecule has 176 valence electrons. The Bertz CT molecular complexity index is 1320. The average molecular weight is 471 g/mol. The summed E-state index contributed by atoms with van der Waals surface area (Å²) in [7, 11) is 0. The Labute approximate surface area is 201 Å². The van der Waals surface area contributed by atoms with Gasteiger partial charge in [-0.25, -0.2) is 14.4 Å². The van der Waals surface area contributed by atoms with Gasteiger partial charge in [-0.2, -0.15) is 15.6 Å². The molecule has 3 heterocycles. The van der Waals surface area contributed by atoms with Crippen molar-refractivity contribution < 1.29 is 9.18 Å².